The molecule has 140 valence electrons. The summed E-state index contributed by atoms with van der Waals surface area (Å²) >= 11 is 0. The summed E-state index contributed by atoms with van der Waals surface area (Å²) in [6, 6.07) is 14.2. The number of carbonyl (C=O) groups is 1. The third kappa shape index (κ3) is 5.06. The normalized spacial score (nSPS) is 11.2. The van der Waals surface area contributed by atoms with E-state index < -0.39 is 10.0 Å². The maximum absolute atomic E-state index is 12.3. The molecule has 2 N–H and O–H groups in total. The van der Waals surface area contributed by atoms with Gasteiger partial charge in [0.2, 0.25) is 10.0 Å². The smallest absolute Gasteiger partial charge is 0.251 e. The summed E-state index contributed by atoms with van der Waals surface area (Å²) in [5, 5.41) is 2.85. The van der Waals surface area contributed by atoms with Crippen molar-refractivity contribution in [3.05, 3.63) is 59.7 Å². The van der Waals surface area contributed by atoms with Crippen molar-refractivity contribution in [3.63, 3.8) is 0 Å². The van der Waals surface area contributed by atoms with Crippen molar-refractivity contribution in [2.75, 3.05) is 31.6 Å². The molecule has 0 aliphatic rings. The van der Waals surface area contributed by atoms with Crippen LogP contribution in [0, 0.1) is 6.92 Å². The van der Waals surface area contributed by atoms with E-state index in [9.17, 15) is 13.2 Å². The monoisotopic (exact) mass is 375 g/mol. The van der Waals surface area contributed by atoms with Gasteiger partial charge in [-0.2, -0.15) is 0 Å². The Morgan fingerprint density at radius 3 is 2.50 bits per heavy atom. The van der Waals surface area contributed by atoms with Crippen LogP contribution in [-0.4, -0.2) is 41.0 Å². The van der Waals surface area contributed by atoms with Crippen LogP contribution in [-0.2, 0) is 10.0 Å². The first kappa shape index (κ1) is 19.9. The molecular formula is C19H25N3O3S. The van der Waals surface area contributed by atoms with Crippen molar-refractivity contribution in [2.45, 2.75) is 18.7 Å². The van der Waals surface area contributed by atoms with E-state index >= 15 is 0 Å². The zero-order valence-electron chi connectivity index (χ0n) is 15.3. The van der Waals surface area contributed by atoms with Crippen molar-refractivity contribution in [1.82, 2.24) is 10.0 Å². The van der Waals surface area contributed by atoms with Crippen molar-refractivity contribution in [1.29, 1.82) is 0 Å². The summed E-state index contributed by atoms with van der Waals surface area (Å²) in [7, 11) is -2.23. The van der Waals surface area contributed by atoms with Crippen molar-refractivity contribution < 1.29 is 13.2 Å². The molecule has 2 rings (SSSR count). The van der Waals surface area contributed by atoms with Gasteiger partial charge in [0.15, 0.2) is 0 Å². The van der Waals surface area contributed by atoms with Gasteiger partial charge in [0, 0.05) is 30.9 Å². The highest BCUT2D eigenvalue weighted by atomic mass is 32.2. The molecule has 0 heterocycles. The second-order valence-electron chi connectivity index (χ2n) is 5.91. The van der Waals surface area contributed by atoms with Gasteiger partial charge in [-0.05, 0) is 56.8 Å². The van der Waals surface area contributed by atoms with E-state index in [-0.39, 0.29) is 10.8 Å². The maximum Gasteiger partial charge on any atom is 0.251 e. The van der Waals surface area contributed by atoms with Crippen LogP contribution in [0.15, 0.2) is 53.4 Å². The minimum absolute atomic E-state index is 0.0718. The number of hydrogen-bond acceptors (Lipinski definition) is 4. The van der Waals surface area contributed by atoms with E-state index in [1.807, 2.05) is 25.1 Å². The lowest BCUT2D eigenvalue weighted by Gasteiger charge is -2.23. The first-order chi connectivity index (χ1) is 12.4. The lowest BCUT2D eigenvalue weighted by Crippen LogP contribution is -2.35. The molecule has 7 heteroatoms. The minimum atomic E-state index is -3.57. The number of aryl methyl sites for hydroxylation is 1. The summed E-state index contributed by atoms with van der Waals surface area (Å²) in [5.41, 5.74) is 2.62. The number of likely N-dealkylation sites (N-methyl/N-ethyl adjacent to an activating group) is 1. The molecule has 6 nitrogen and oxygen atoms in total. The highest BCUT2D eigenvalue weighted by molar-refractivity contribution is 7.89. The number of nitrogens with one attached hydrogen (secondary N) is 2. The zero-order chi connectivity index (χ0) is 19.2. The van der Waals surface area contributed by atoms with Crippen LogP contribution in [0.4, 0.5) is 5.69 Å². The largest absolute Gasteiger partial charge is 0.370 e. The summed E-state index contributed by atoms with van der Waals surface area (Å²) in [4.78, 5) is 14.6. The summed E-state index contributed by atoms with van der Waals surface area (Å²) in [6.45, 7) is 6.07. The molecule has 0 fully saturated rings. The van der Waals surface area contributed by atoms with Gasteiger partial charge < -0.3 is 10.2 Å². The third-order valence-electron chi connectivity index (χ3n) is 4.09. The Morgan fingerprint density at radius 1 is 1.12 bits per heavy atom. The molecule has 2 aromatic carbocycles. The molecule has 1 amide bonds. The van der Waals surface area contributed by atoms with Crippen LogP contribution in [0.25, 0.3) is 0 Å². The Hall–Kier alpha value is -2.38. The molecule has 0 radical (unpaired) electrons. The van der Waals surface area contributed by atoms with E-state index in [0.29, 0.717) is 18.7 Å². The van der Waals surface area contributed by atoms with Crippen LogP contribution in [0.5, 0.6) is 0 Å². The van der Waals surface area contributed by atoms with Crippen LogP contribution < -0.4 is 14.9 Å². The molecule has 0 saturated carbocycles. The summed E-state index contributed by atoms with van der Waals surface area (Å²) in [6.07, 6.45) is 0. The molecule has 0 unspecified atom stereocenters. The number of benzene rings is 2. The Kier molecular flexibility index (Phi) is 6.76. The first-order valence-corrected chi connectivity index (χ1v) is 9.99. The van der Waals surface area contributed by atoms with E-state index in [2.05, 4.69) is 27.9 Å². The van der Waals surface area contributed by atoms with Crippen LogP contribution >= 0.6 is 0 Å². The van der Waals surface area contributed by atoms with E-state index in [1.165, 1.54) is 24.7 Å². The fraction of sp³-hybridized carbons (Fsp3) is 0.316. The number of sulfonamides is 1. The number of rotatable bonds is 8. The Bertz CT molecular complexity index is 866. The molecule has 26 heavy (non-hydrogen) atoms. The second-order valence-corrected chi connectivity index (χ2v) is 7.80. The van der Waals surface area contributed by atoms with Gasteiger partial charge in [0.1, 0.15) is 0 Å². The SMILES string of the molecule is CCN(CCNC(=O)c1cccc(S(=O)(=O)NC)c1)c1cccc(C)c1. The minimum Gasteiger partial charge on any atom is -0.370 e. The Balaban J connectivity index is 1.99. The zero-order valence-corrected chi connectivity index (χ0v) is 16.1. The number of anilines is 1. The van der Waals surface area contributed by atoms with Gasteiger partial charge in [0.05, 0.1) is 4.90 Å². The molecule has 0 spiro atoms. The molecule has 0 aliphatic heterocycles. The Morgan fingerprint density at radius 2 is 1.85 bits per heavy atom. The predicted octanol–water partition coefficient (Wildman–Crippen LogP) is 2.16. The van der Waals surface area contributed by atoms with Crippen LogP contribution in [0.2, 0.25) is 0 Å². The Labute approximate surface area is 155 Å². The van der Waals surface area contributed by atoms with E-state index in [4.69, 9.17) is 0 Å². The van der Waals surface area contributed by atoms with E-state index in [1.54, 1.807) is 12.1 Å². The van der Waals surface area contributed by atoms with Crippen molar-refractivity contribution in [3.8, 4) is 0 Å². The van der Waals surface area contributed by atoms with Gasteiger partial charge >= 0.3 is 0 Å². The molecule has 2 aromatic rings. The third-order valence-corrected chi connectivity index (χ3v) is 5.50. The molecular weight excluding hydrogens is 350 g/mol. The average molecular weight is 375 g/mol. The second kappa shape index (κ2) is 8.82. The van der Waals surface area contributed by atoms with Gasteiger partial charge in [-0.1, -0.05) is 18.2 Å². The number of carbonyl (C=O) groups excluding carboxylic acids is 1. The van der Waals surface area contributed by atoms with E-state index in [0.717, 1.165) is 12.2 Å². The standard InChI is InChI=1S/C19H25N3O3S/c1-4-22(17-9-5-7-15(2)13-17)12-11-21-19(23)16-8-6-10-18(14-16)26(24,25)20-3/h5-10,13-14,20H,4,11-12H2,1-3H3,(H,21,23). The molecule has 0 atom stereocenters. The fourth-order valence-electron chi connectivity index (χ4n) is 2.62. The van der Waals surface area contributed by atoms with Gasteiger partial charge in [-0.15, -0.1) is 0 Å². The summed E-state index contributed by atoms with van der Waals surface area (Å²) < 4.78 is 26.0. The molecule has 0 saturated heterocycles. The number of amides is 1. The van der Waals surface area contributed by atoms with Crippen LogP contribution in [0.3, 0.4) is 0 Å². The number of hydrogen-bond donors (Lipinski definition) is 2. The van der Waals surface area contributed by atoms with Crippen molar-refractivity contribution >= 4 is 21.6 Å². The van der Waals surface area contributed by atoms with Gasteiger partial charge in [0.25, 0.3) is 5.91 Å². The average Bonchev–Trinajstić information content (AvgIpc) is 2.65. The topological polar surface area (TPSA) is 78.5 Å². The fourth-order valence-corrected chi connectivity index (χ4v) is 3.40. The molecule has 0 aromatic heterocycles. The summed E-state index contributed by atoms with van der Waals surface area (Å²) in [5.74, 6) is -0.293. The number of nitrogens with zero attached hydrogens (tertiary/aromatic N) is 1. The lowest BCUT2D eigenvalue weighted by atomic mass is 10.2. The molecule has 0 bridgehead atoms. The maximum atomic E-state index is 12.3. The predicted molar refractivity (Wildman–Crippen MR) is 104 cm³/mol. The van der Waals surface area contributed by atoms with Gasteiger partial charge in [-0.25, -0.2) is 13.1 Å². The molecule has 0 aliphatic carbocycles. The lowest BCUT2D eigenvalue weighted by molar-refractivity contribution is 0.0954. The van der Waals surface area contributed by atoms with Crippen LogP contribution in [0.1, 0.15) is 22.8 Å². The highest BCUT2D eigenvalue weighted by Crippen LogP contribution is 2.15. The van der Waals surface area contributed by atoms with Gasteiger partial charge in [-0.3, -0.25) is 4.79 Å². The first-order valence-electron chi connectivity index (χ1n) is 8.51. The van der Waals surface area contributed by atoms with Crippen molar-refractivity contribution in [2.24, 2.45) is 0 Å². The quantitative estimate of drug-likeness (QED) is 0.741. The highest BCUT2D eigenvalue weighted by Gasteiger charge is 2.14.